The minimum Gasteiger partial charge on any atom is -0.497 e. The second-order valence-corrected chi connectivity index (χ2v) is 7.04. The maximum Gasteiger partial charge on any atom is 0.196 e. The number of Topliss-reactive ketones (excluding diaryl/α,β-unsaturated/α-hetero) is 1. The molecule has 1 heterocycles. The van der Waals surface area contributed by atoms with Crippen LogP contribution in [-0.2, 0) is 0 Å². The molecular weight excluding hydrogens is 368 g/mol. The van der Waals surface area contributed by atoms with Crippen molar-refractivity contribution in [1.29, 1.82) is 0 Å². The molecule has 1 aromatic heterocycles. The van der Waals surface area contributed by atoms with Crippen LogP contribution >= 0.6 is 22.9 Å². The zero-order chi connectivity index (χ0) is 18.5. The van der Waals surface area contributed by atoms with Crippen molar-refractivity contribution in [2.45, 2.75) is 6.92 Å². The molecule has 132 valence electrons. The lowest BCUT2D eigenvalue weighted by molar-refractivity contribution is 0.100. The van der Waals surface area contributed by atoms with Crippen LogP contribution in [0.1, 0.15) is 20.9 Å². The molecule has 26 heavy (non-hydrogen) atoms. The van der Waals surface area contributed by atoms with Gasteiger partial charge in [-0.2, -0.15) is 0 Å². The summed E-state index contributed by atoms with van der Waals surface area (Å²) in [6.45, 7) is 1.94. The van der Waals surface area contributed by atoms with Crippen LogP contribution in [0.25, 0.3) is 10.6 Å². The Morgan fingerprint density at radius 2 is 1.88 bits per heavy atom. The third-order valence-electron chi connectivity index (χ3n) is 3.73. The number of benzene rings is 2. The summed E-state index contributed by atoms with van der Waals surface area (Å²) in [4.78, 5) is 21.9. The lowest BCUT2D eigenvalue weighted by atomic mass is 10.2. The van der Waals surface area contributed by atoms with Crippen LogP contribution in [0.5, 0.6) is 5.75 Å². The van der Waals surface area contributed by atoms with E-state index < -0.39 is 0 Å². The zero-order valence-electron chi connectivity index (χ0n) is 14.4. The molecule has 0 fully saturated rings. The van der Waals surface area contributed by atoms with Crippen molar-refractivity contribution in [3.8, 4) is 16.3 Å². The summed E-state index contributed by atoms with van der Waals surface area (Å²) in [6.07, 6.45) is 1.69. The first-order valence-corrected chi connectivity index (χ1v) is 9.16. The summed E-state index contributed by atoms with van der Waals surface area (Å²) in [5.74, 6) is 0.748. The van der Waals surface area contributed by atoms with Gasteiger partial charge in [-0.3, -0.25) is 9.79 Å². The number of aliphatic imine (C=N–C) groups is 1. The number of nitrogens with zero attached hydrogens (tertiary/aromatic N) is 2. The number of carbonyl (C=O) groups is 1. The van der Waals surface area contributed by atoms with Gasteiger partial charge in [0.05, 0.1) is 17.7 Å². The van der Waals surface area contributed by atoms with Gasteiger partial charge in [-0.05, 0) is 48.9 Å². The lowest BCUT2D eigenvalue weighted by Gasteiger charge is -1.99. The first-order valence-electron chi connectivity index (χ1n) is 7.97. The smallest absolute Gasteiger partial charge is 0.196 e. The Morgan fingerprint density at radius 3 is 2.54 bits per heavy atom. The quantitative estimate of drug-likeness (QED) is 0.439. The number of ketones is 1. The highest BCUT2D eigenvalue weighted by atomic mass is 35.5. The third-order valence-corrected chi connectivity index (χ3v) is 5.23. The number of thiazole rings is 1. The molecule has 6 heteroatoms. The first-order chi connectivity index (χ1) is 12.6. The monoisotopic (exact) mass is 384 g/mol. The molecule has 0 aliphatic carbocycles. The average molecular weight is 385 g/mol. The van der Waals surface area contributed by atoms with E-state index in [1.54, 1.807) is 13.3 Å². The number of carbonyl (C=O) groups excluding carboxylic acids is 1. The second kappa shape index (κ2) is 8.25. The van der Waals surface area contributed by atoms with Crippen LogP contribution in [0.4, 0.5) is 0 Å². The Bertz CT molecular complexity index is 931. The van der Waals surface area contributed by atoms with E-state index in [1.165, 1.54) is 11.3 Å². The lowest BCUT2D eigenvalue weighted by Crippen LogP contribution is -2.03. The topological polar surface area (TPSA) is 51.5 Å². The predicted octanol–water partition coefficient (Wildman–Crippen LogP) is 5.08. The molecule has 0 spiro atoms. The highest BCUT2D eigenvalue weighted by molar-refractivity contribution is 7.17. The summed E-state index contributed by atoms with van der Waals surface area (Å²) >= 11 is 7.30. The molecule has 0 aliphatic rings. The van der Waals surface area contributed by atoms with Crippen LogP contribution in [-0.4, -0.2) is 30.6 Å². The molecule has 4 nitrogen and oxygen atoms in total. The number of hydrogen-bond acceptors (Lipinski definition) is 5. The molecule has 2 aromatic carbocycles. The molecule has 0 radical (unpaired) electrons. The van der Waals surface area contributed by atoms with Crippen molar-refractivity contribution < 1.29 is 9.53 Å². The van der Waals surface area contributed by atoms with Gasteiger partial charge in [0, 0.05) is 16.8 Å². The zero-order valence-corrected chi connectivity index (χ0v) is 16.0. The van der Waals surface area contributed by atoms with E-state index in [0.29, 0.717) is 9.90 Å². The summed E-state index contributed by atoms with van der Waals surface area (Å²) < 4.78 is 5.12. The third kappa shape index (κ3) is 4.36. The highest BCUT2D eigenvalue weighted by Crippen LogP contribution is 2.29. The molecular formula is C20H17ClN2O2S. The van der Waals surface area contributed by atoms with Gasteiger partial charge in [-0.15, -0.1) is 11.3 Å². The molecule has 0 saturated carbocycles. The normalized spacial score (nSPS) is 11.0. The van der Waals surface area contributed by atoms with Crippen LogP contribution in [0, 0.1) is 6.92 Å². The summed E-state index contributed by atoms with van der Waals surface area (Å²) in [7, 11) is 1.62. The summed E-state index contributed by atoms with van der Waals surface area (Å²) in [5, 5.41) is 1.48. The number of rotatable bonds is 6. The molecule has 0 unspecified atom stereocenters. The van der Waals surface area contributed by atoms with Crippen molar-refractivity contribution in [3.05, 3.63) is 69.7 Å². The van der Waals surface area contributed by atoms with E-state index in [0.717, 1.165) is 27.6 Å². The molecule has 0 N–H and O–H groups in total. The van der Waals surface area contributed by atoms with E-state index in [2.05, 4.69) is 9.98 Å². The van der Waals surface area contributed by atoms with Gasteiger partial charge in [0.1, 0.15) is 17.3 Å². The molecule has 0 atom stereocenters. The Kier molecular flexibility index (Phi) is 5.81. The van der Waals surface area contributed by atoms with E-state index >= 15 is 0 Å². The Hall–Kier alpha value is -2.50. The summed E-state index contributed by atoms with van der Waals surface area (Å²) in [6, 6.07) is 14.9. The van der Waals surface area contributed by atoms with Gasteiger partial charge in [0.15, 0.2) is 5.78 Å². The highest BCUT2D eigenvalue weighted by Gasteiger charge is 2.15. The minimum absolute atomic E-state index is 0.0371. The van der Waals surface area contributed by atoms with Crippen molar-refractivity contribution in [2.24, 2.45) is 4.99 Å². The Morgan fingerprint density at radius 1 is 1.19 bits per heavy atom. The largest absolute Gasteiger partial charge is 0.497 e. The molecule has 0 saturated heterocycles. The number of halogens is 1. The fraction of sp³-hybridized carbons (Fsp3) is 0.150. The van der Waals surface area contributed by atoms with Gasteiger partial charge in [0.25, 0.3) is 0 Å². The fourth-order valence-electron chi connectivity index (χ4n) is 2.37. The van der Waals surface area contributed by atoms with E-state index in [1.807, 2.05) is 55.5 Å². The Labute approximate surface area is 161 Å². The van der Waals surface area contributed by atoms with Gasteiger partial charge < -0.3 is 4.74 Å². The molecule has 3 aromatic rings. The van der Waals surface area contributed by atoms with Crippen LogP contribution in [0.3, 0.4) is 0 Å². The van der Waals surface area contributed by atoms with Gasteiger partial charge >= 0.3 is 0 Å². The Balaban J connectivity index is 1.69. The van der Waals surface area contributed by atoms with Crippen LogP contribution in [0.15, 0.2) is 53.5 Å². The number of aryl methyl sites for hydroxylation is 1. The van der Waals surface area contributed by atoms with Crippen LogP contribution in [0.2, 0.25) is 5.02 Å². The van der Waals surface area contributed by atoms with E-state index in [4.69, 9.17) is 16.3 Å². The number of hydrogen-bond donors (Lipinski definition) is 0. The van der Waals surface area contributed by atoms with Crippen LogP contribution < -0.4 is 4.74 Å². The van der Waals surface area contributed by atoms with E-state index in [-0.39, 0.29) is 12.3 Å². The van der Waals surface area contributed by atoms with Gasteiger partial charge in [-0.25, -0.2) is 4.98 Å². The summed E-state index contributed by atoms with van der Waals surface area (Å²) in [5.41, 5.74) is 2.59. The SMILES string of the molecule is COc1ccc(C=NCC(=O)c2sc(-c3ccc(Cl)cc3)nc2C)cc1. The maximum absolute atomic E-state index is 12.5. The van der Waals surface area contributed by atoms with E-state index in [9.17, 15) is 4.79 Å². The molecule has 0 amide bonds. The standard InChI is InChI=1S/C20H17ClN2O2S/c1-13-19(26-20(23-13)15-5-7-16(21)8-6-15)18(24)12-22-11-14-3-9-17(25-2)10-4-14/h3-11H,12H2,1-2H3. The predicted molar refractivity (Wildman–Crippen MR) is 107 cm³/mol. The molecule has 0 bridgehead atoms. The molecule has 0 aliphatic heterocycles. The van der Waals surface area contributed by atoms with Gasteiger partial charge in [-0.1, -0.05) is 23.7 Å². The number of aromatic nitrogens is 1. The van der Waals surface area contributed by atoms with Crippen molar-refractivity contribution >= 4 is 34.9 Å². The van der Waals surface area contributed by atoms with Crippen molar-refractivity contribution in [3.63, 3.8) is 0 Å². The number of methoxy groups -OCH3 is 1. The molecule has 3 rings (SSSR count). The maximum atomic E-state index is 12.5. The van der Waals surface area contributed by atoms with Crippen molar-refractivity contribution in [1.82, 2.24) is 4.98 Å². The van der Waals surface area contributed by atoms with Crippen molar-refractivity contribution in [2.75, 3.05) is 13.7 Å². The first kappa shape index (κ1) is 18.3. The second-order valence-electron chi connectivity index (χ2n) is 5.61. The average Bonchev–Trinajstić information content (AvgIpc) is 3.04. The minimum atomic E-state index is -0.0371. The number of ether oxygens (including phenoxy) is 1. The van der Waals surface area contributed by atoms with Gasteiger partial charge in [0.2, 0.25) is 0 Å². The fourth-order valence-corrected chi connectivity index (χ4v) is 3.49.